The molecule has 0 saturated carbocycles. The van der Waals surface area contributed by atoms with E-state index in [1.165, 1.54) is 0 Å². The van der Waals surface area contributed by atoms with E-state index in [-0.39, 0.29) is 6.04 Å². The van der Waals surface area contributed by atoms with Crippen LogP contribution in [-0.4, -0.2) is 12.3 Å². The molecule has 2 bridgehead atoms. The number of thiol groups is 1. The average molecular weight is 164 g/mol. The van der Waals surface area contributed by atoms with E-state index in [1.807, 2.05) is 18.2 Å². The molecule has 3 heteroatoms. The summed E-state index contributed by atoms with van der Waals surface area (Å²) >= 11 is 4.30. The number of fused-ring (bicyclic) bond motifs is 1. The highest BCUT2D eigenvalue weighted by Gasteiger charge is 2.09. The Hall–Kier alpha value is -0.960. The summed E-state index contributed by atoms with van der Waals surface area (Å²) in [5.41, 5.74) is 4.04. The van der Waals surface area contributed by atoms with Crippen LogP contribution in [0.4, 0.5) is 0 Å². The van der Waals surface area contributed by atoms with Gasteiger partial charge in [-0.1, -0.05) is 12.2 Å². The van der Waals surface area contributed by atoms with Gasteiger partial charge in [0.2, 0.25) is 0 Å². The number of rotatable bonds is 0. The van der Waals surface area contributed by atoms with Crippen molar-refractivity contribution in [2.45, 2.75) is 6.04 Å². The minimum atomic E-state index is 0.232. The highest BCUT2D eigenvalue weighted by atomic mass is 32.1. The summed E-state index contributed by atoms with van der Waals surface area (Å²) in [7, 11) is 0. The van der Waals surface area contributed by atoms with Gasteiger partial charge in [-0.25, -0.2) is 0 Å². The van der Waals surface area contributed by atoms with E-state index in [1.54, 1.807) is 6.21 Å². The molecule has 1 atom stereocenters. The summed E-state index contributed by atoms with van der Waals surface area (Å²) in [6.07, 6.45) is 9.86. The first-order valence-corrected chi connectivity index (χ1v) is 3.89. The van der Waals surface area contributed by atoms with E-state index in [2.05, 4.69) is 29.2 Å². The standard InChI is InChI=1S/C8H8N2S/c11-8-3-1-2-7-4-6(8)5-9-10-7/h1-5,7,10-11H. The summed E-state index contributed by atoms with van der Waals surface area (Å²) in [6, 6.07) is 0.232. The first-order valence-electron chi connectivity index (χ1n) is 3.44. The van der Waals surface area contributed by atoms with Gasteiger partial charge in [0.1, 0.15) is 0 Å². The Balaban J connectivity index is 2.42. The van der Waals surface area contributed by atoms with Gasteiger partial charge in [-0.15, -0.1) is 12.6 Å². The van der Waals surface area contributed by atoms with Crippen LogP contribution >= 0.6 is 12.6 Å². The van der Waals surface area contributed by atoms with Crippen LogP contribution in [0.15, 0.2) is 39.9 Å². The number of nitrogens with one attached hydrogen (secondary N) is 1. The zero-order valence-electron chi connectivity index (χ0n) is 5.86. The van der Waals surface area contributed by atoms with Crippen LogP contribution in [0.5, 0.6) is 0 Å². The Morgan fingerprint density at radius 2 is 2.45 bits per heavy atom. The number of hydrogen-bond donors (Lipinski definition) is 2. The van der Waals surface area contributed by atoms with Crippen LogP contribution in [0.2, 0.25) is 0 Å². The van der Waals surface area contributed by atoms with Crippen molar-refractivity contribution in [2.24, 2.45) is 5.10 Å². The predicted molar refractivity (Wildman–Crippen MR) is 49.7 cm³/mol. The van der Waals surface area contributed by atoms with E-state index in [4.69, 9.17) is 0 Å². The first kappa shape index (κ1) is 6.73. The lowest BCUT2D eigenvalue weighted by molar-refractivity contribution is 0.716. The molecule has 0 radical (unpaired) electrons. The molecule has 2 rings (SSSR count). The second-order valence-corrected chi connectivity index (χ2v) is 2.95. The average Bonchev–Trinajstić information content (AvgIpc) is 2.14. The second-order valence-electron chi connectivity index (χ2n) is 2.47. The summed E-state index contributed by atoms with van der Waals surface area (Å²) in [4.78, 5) is 0.967. The molecule has 1 N–H and O–H groups in total. The third-order valence-electron chi connectivity index (χ3n) is 1.65. The van der Waals surface area contributed by atoms with Crippen LogP contribution in [0.3, 0.4) is 0 Å². The lowest BCUT2D eigenvalue weighted by atomic mass is 10.2. The summed E-state index contributed by atoms with van der Waals surface area (Å²) < 4.78 is 0. The zero-order valence-corrected chi connectivity index (χ0v) is 6.75. The molecule has 0 aromatic rings. The lowest BCUT2D eigenvalue weighted by Gasteiger charge is -2.12. The summed E-state index contributed by atoms with van der Waals surface area (Å²) in [5.74, 6) is 0. The predicted octanol–water partition coefficient (Wildman–Crippen LogP) is 1.25. The van der Waals surface area contributed by atoms with Gasteiger partial charge >= 0.3 is 0 Å². The second kappa shape index (κ2) is 2.58. The van der Waals surface area contributed by atoms with E-state index in [9.17, 15) is 0 Å². The molecule has 1 aliphatic carbocycles. The Morgan fingerprint density at radius 1 is 1.55 bits per heavy atom. The summed E-state index contributed by atoms with van der Waals surface area (Å²) in [6.45, 7) is 0. The SMILES string of the molecule is SC1=CC=CC2C=C1C=NN2. The smallest absolute Gasteiger partial charge is 0.0814 e. The molecule has 0 aromatic heterocycles. The Morgan fingerprint density at radius 3 is 3.36 bits per heavy atom. The fraction of sp³-hybridized carbons (Fsp3) is 0.125. The molecule has 1 unspecified atom stereocenters. The van der Waals surface area contributed by atoms with Crippen molar-refractivity contribution in [1.29, 1.82) is 0 Å². The number of hydrazone groups is 1. The van der Waals surface area contributed by atoms with Crippen LogP contribution in [0, 0.1) is 0 Å². The molecule has 56 valence electrons. The molecule has 2 nitrogen and oxygen atoms in total. The van der Waals surface area contributed by atoms with Crippen molar-refractivity contribution in [1.82, 2.24) is 5.43 Å². The molecule has 11 heavy (non-hydrogen) atoms. The molecule has 1 aliphatic heterocycles. The topological polar surface area (TPSA) is 24.4 Å². The van der Waals surface area contributed by atoms with Gasteiger partial charge < -0.3 is 0 Å². The van der Waals surface area contributed by atoms with E-state index in [0.29, 0.717) is 0 Å². The molecule has 0 fully saturated rings. The fourth-order valence-electron chi connectivity index (χ4n) is 1.08. The molecule has 0 aromatic carbocycles. The third kappa shape index (κ3) is 1.24. The van der Waals surface area contributed by atoms with Crippen molar-refractivity contribution in [3.8, 4) is 0 Å². The fourth-order valence-corrected chi connectivity index (χ4v) is 1.30. The van der Waals surface area contributed by atoms with Crippen molar-refractivity contribution >= 4 is 18.8 Å². The molecule has 0 spiro atoms. The van der Waals surface area contributed by atoms with Gasteiger partial charge in [0.15, 0.2) is 0 Å². The molecule has 2 aliphatic rings. The summed E-state index contributed by atoms with van der Waals surface area (Å²) in [5, 5.41) is 3.99. The van der Waals surface area contributed by atoms with E-state index < -0.39 is 0 Å². The van der Waals surface area contributed by atoms with E-state index in [0.717, 1.165) is 10.5 Å². The maximum atomic E-state index is 4.30. The first-order chi connectivity index (χ1) is 5.36. The largest absolute Gasteiger partial charge is 0.299 e. The minimum absolute atomic E-state index is 0.232. The zero-order chi connectivity index (χ0) is 7.68. The Bertz CT molecular complexity index is 286. The quantitative estimate of drug-likeness (QED) is 0.517. The minimum Gasteiger partial charge on any atom is -0.299 e. The van der Waals surface area contributed by atoms with E-state index >= 15 is 0 Å². The van der Waals surface area contributed by atoms with Gasteiger partial charge in [-0.2, -0.15) is 5.10 Å². The van der Waals surface area contributed by atoms with Gasteiger partial charge in [0, 0.05) is 10.5 Å². The molecular weight excluding hydrogens is 156 g/mol. The lowest BCUT2D eigenvalue weighted by Crippen LogP contribution is -2.23. The molecule has 1 heterocycles. The van der Waals surface area contributed by atoms with Gasteiger partial charge in [0.05, 0.1) is 12.3 Å². The maximum absolute atomic E-state index is 4.30. The highest BCUT2D eigenvalue weighted by Crippen LogP contribution is 2.18. The molecule has 0 saturated heterocycles. The van der Waals surface area contributed by atoms with Crippen LogP contribution < -0.4 is 5.43 Å². The number of allylic oxidation sites excluding steroid dienone is 3. The molecule has 0 amide bonds. The van der Waals surface area contributed by atoms with Crippen molar-refractivity contribution in [3.05, 3.63) is 34.8 Å². The molecular formula is C8H8N2S. The van der Waals surface area contributed by atoms with Gasteiger partial charge in [0.25, 0.3) is 0 Å². The number of hydrogen-bond acceptors (Lipinski definition) is 3. The number of nitrogens with zero attached hydrogens (tertiary/aromatic N) is 1. The Labute approximate surface area is 70.8 Å². The Kier molecular flexibility index (Phi) is 1.58. The van der Waals surface area contributed by atoms with Crippen LogP contribution in [0.1, 0.15) is 0 Å². The normalized spacial score (nSPS) is 26.8. The van der Waals surface area contributed by atoms with Crippen molar-refractivity contribution in [2.75, 3.05) is 0 Å². The van der Waals surface area contributed by atoms with Crippen LogP contribution in [0.25, 0.3) is 0 Å². The highest BCUT2D eigenvalue weighted by molar-refractivity contribution is 7.84. The maximum Gasteiger partial charge on any atom is 0.0814 e. The van der Waals surface area contributed by atoms with Gasteiger partial charge in [-0.3, -0.25) is 5.43 Å². The van der Waals surface area contributed by atoms with Crippen LogP contribution in [-0.2, 0) is 0 Å². The monoisotopic (exact) mass is 164 g/mol. The third-order valence-corrected chi connectivity index (χ3v) is 2.06. The van der Waals surface area contributed by atoms with Gasteiger partial charge in [-0.05, 0) is 12.2 Å². The van der Waals surface area contributed by atoms with Crippen molar-refractivity contribution < 1.29 is 0 Å². The van der Waals surface area contributed by atoms with Crippen molar-refractivity contribution in [3.63, 3.8) is 0 Å².